The van der Waals surface area contributed by atoms with E-state index in [0.29, 0.717) is 11.5 Å². The van der Waals surface area contributed by atoms with Gasteiger partial charge in [0, 0.05) is 36.1 Å². The van der Waals surface area contributed by atoms with Crippen LogP contribution in [0.4, 0.5) is 4.39 Å². The highest BCUT2D eigenvalue weighted by atomic mass is 32.1. The summed E-state index contributed by atoms with van der Waals surface area (Å²) in [4.78, 5) is 18.5. The maximum Gasteiger partial charge on any atom is 0.253 e. The molecule has 104 valence electrons. The standard InChI is InChI=1S/C15H15FN2OS/c16-13-3-1-12(2-4-13)15(19)18-8-5-11(6-9-18)14-17-7-10-20-14/h1-4,7,10-11H,5-6,8-9H2. The summed E-state index contributed by atoms with van der Waals surface area (Å²) in [6.45, 7) is 1.47. The molecule has 2 heterocycles. The van der Waals surface area contributed by atoms with Crippen LogP contribution in [-0.2, 0) is 0 Å². The van der Waals surface area contributed by atoms with E-state index in [1.807, 2.05) is 16.5 Å². The number of hydrogen-bond acceptors (Lipinski definition) is 3. The number of amides is 1. The van der Waals surface area contributed by atoms with Gasteiger partial charge in [-0.2, -0.15) is 0 Å². The lowest BCUT2D eigenvalue weighted by atomic mass is 9.97. The third kappa shape index (κ3) is 2.72. The fraction of sp³-hybridized carbons (Fsp3) is 0.333. The molecule has 0 spiro atoms. The number of likely N-dealkylation sites (tertiary alicyclic amines) is 1. The van der Waals surface area contributed by atoms with Crippen molar-refractivity contribution >= 4 is 17.2 Å². The molecule has 0 N–H and O–H groups in total. The van der Waals surface area contributed by atoms with Crippen molar-refractivity contribution in [2.24, 2.45) is 0 Å². The van der Waals surface area contributed by atoms with Crippen LogP contribution in [0.15, 0.2) is 35.8 Å². The van der Waals surface area contributed by atoms with Crippen molar-refractivity contribution in [2.45, 2.75) is 18.8 Å². The normalized spacial score (nSPS) is 16.4. The van der Waals surface area contributed by atoms with E-state index in [-0.39, 0.29) is 11.7 Å². The molecule has 5 heteroatoms. The zero-order chi connectivity index (χ0) is 13.9. The molecule has 1 aliphatic rings. The van der Waals surface area contributed by atoms with E-state index in [1.165, 1.54) is 17.1 Å². The summed E-state index contributed by atoms with van der Waals surface area (Å²) in [5, 5.41) is 3.16. The number of hydrogen-bond donors (Lipinski definition) is 0. The van der Waals surface area contributed by atoms with Crippen LogP contribution < -0.4 is 0 Å². The Labute approximate surface area is 121 Å². The Morgan fingerprint density at radius 3 is 2.55 bits per heavy atom. The third-order valence-corrected chi connectivity index (χ3v) is 4.61. The molecule has 1 saturated heterocycles. The molecule has 1 aliphatic heterocycles. The number of nitrogens with zero attached hydrogens (tertiary/aromatic N) is 2. The summed E-state index contributed by atoms with van der Waals surface area (Å²) in [5.74, 6) is 0.138. The van der Waals surface area contributed by atoms with Crippen molar-refractivity contribution in [1.29, 1.82) is 0 Å². The van der Waals surface area contributed by atoms with Crippen LogP contribution in [0.25, 0.3) is 0 Å². The number of piperidine rings is 1. The van der Waals surface area contributed by atoms with Gasteiger partial charge in [0.2, 0.25) is 0 Å². The number of halogens is 1. The first-order valence-corrected chi connectivity index (χ1v) is 7.56. The van der Waals surface area contributed by atoms with Crippen LogP contribution in [0.3, 0.4) is 0 Å². The Balaban J connectivity index is 1.63. The molecule has 1 aromatic heterocycles. The molecule has 20 heavy (non-hydrogen) atoms. The van der Waals surface area contributed by atoms with Crippen LogP contribution in [-0.4, -0.2) is 28.9 Å². The SMILES string of the molecule is O=C(c1ccc(F)cc1)N1CCC(c2nccs2)CC1. The van der Waals surface area contributed by atoms with Crippen LogP contribution in [0.5, 0.6) is 0 Å². The summed E-state index contributed by atoms with van der Waals surface area (Å²) in [5.41, 5.74) is 0.555. The first-order chi connectivity index (χ1) is 9.74. The maximum absolute atomic E-state index is 12.9. The molecule has 0 atom stereocenters. The molecule has 1 aromatic carbocycles. The molecular weight excluding hydrogens is 275 g/mol. The summed E-state index contributed by atoms with van der Waals surface area (Å²) < 4.78 is 12.9. The Morgan fingerprint density at radius 2 is 1.95 bits per heavy atom. The van der Waals surface area contributed by atoms with E-state index in [4.69, 9.17) is 0 Å². The predicted octanol–water partition coefficient (Wildman–Crippen LogP) is 3.30. The van der Waals surface area contributed by atoms with E-state index >= 15 is 0 Å². The monoisotopic (exact) mass is 290 g/mol. The summed E-state index contributed by atoms with van der Waals surface area (Å²) in [6, 6.07) is 5.75. The molecule has 0 radical (unpaired) electrons. The largest absolute Gasteiger partial charge is 0.339 e. The molecule has 2 aromatic rings. The third-order valence-electron chi connectivity index (χ3n) is 3.67. The van der Waals surface area contributed by atoms with E-state index < -0.39 is 0 Å². The highest BCUT2D eigenvalue weighted by Crippen LogP contribution is 2.29. The molecule has 0 saturated carbocycles. The molecular formula is C15H15FN2OS. The van der Waals surface area contributed by atoms with E-state index in [0.717, 1.165) is 25.9 Å². The van der Waals surface area contributed by atoms with Crippen molar-refractivity contribution in [3.63, 3.8) is 0 Å². The van der Waals surface area contributed by atoms with Gasteiger partial charge in [-0.3, -0.25) is 4.79 Å². The minimum absolute atomic E-state index is 0.0115. The number of benzene rings is 1. The molecule has 3 nitrogen and oxygen atoms in total. The van der Waals surface area contributed by atoms with Gasteiger partial charge in [-0.15, -0.1) is 11.3 Å². The lowest BCUT2D eigenvalue weighted by Crippen LogP contribution is -2.37. The van der Waals surface area contributed by atoms with E-state index in [2.05, 4.69) is 4.98 Å². The second-order valence-electron chi connectivity index (χ2n) is 4.94. The minimum Gasteiger partial charge on any atom is -0.339 e. The molecule has 1 amide bonds. The molecule has 0 aliphatic carbocycles. The van der Waals surface area contributed by atoms with E-state index in [1.54, 1.807) is 23.5 Å². The smallest absolute Gasteiger partial charge is 0.253 e. The average molecular weight is 290 g/mol. The highest BCUT2D eigenvalue weighted by molar-refractivity contribution is 7.09. The number of carbonyl (C=O) groups is 1. The quantitative estimate of drug-likeness (QED) is 0.850. The molecule has 1 fully saturated rings. The number of aromatic nitrogens is 1. The lowest BCUT2D eigenvalue weighted by Gasteiger charge is -2.31. The fourth-order valence-corrected chi connectivity index (χ4v) is 3.35. The van der Waals surface area contributed by atoms with Gasteiger partial charge in [-0.05, 0) is 37.1 Å². The van der Waals surface area contributed by atoms with Crippen molar-refractivity contribution in [3.8, 4) is 0 Å². The Bertz CT molecular complexity index is 574. The Kier molecular flexibility index (Phi) is 3.78. The first-order valence-electron chi connectivity index (χ1n) is 6.68. The molecule has 3 rings (SSSR count). The van der Waals surface area contributed by atoms with Crippen molar-refractivity contribution < 1.29 is 9.18 Å². The van der Waals surface area contributed by atoms with Crippen LogP contribution >= 0.6 is 11.3 Å². The fourth-order valence-electron chi connectivity index (χ4n) is 2.54. The Morgan fingerprint density at radius 1 is 1.25 bits per heavy atom. The predicted molar refractivity (Wildman–Crippen MR) is 76.4 cm³/mol. The van der Waals surface area contributed by atoms with Gasteiger partial charge in [0.05, 0.1) is 5.01 Å². The second-order valence-corrected chi connectivity index (χ2v) is 5.87. The van der Waals surface area contributed by atoms with Crippen LogP contribution in [0.1, 0.15) is 34.1 Å². The van der Waals surface area contributed by atoms with E-state index in [9.17, 15) is 9.18 Å². The maximum atomic E-state index is 12.9. The number of rotatable bonds is 2. The summed E-state index contributed by atoms with van der Waals surface area (Å²) in [7, 11) is 0. The zero-order valence-electron chi connectivity index (χ0n) is 11.0. The lowest BCUT2D eigenvalue weighted by molar-refractivity contribution is 0.0713. The first kappa shape index (κ1) is 13.2. The van der Waals surface area contributed by atoms with Gasteiger partial charge >= 0.3 is 0 Å². The summed E-state index contributed by atoms with van der Waals surface area (Å²) >= 11 is 1.68. The van der Waals surface area contributed by atoms with Crippen LogP contribution in [0, 0.1) is 5.82 Å². The van der Waals surface area contributed by atoms with Gasteiger partial charge in [0.1, 0.15) is 5.82 Å². The van der Waals surface area contributed by atoms with Crippen molar-refractivity contribution in [1.82, 2.24) is 9.88 Å². The highest BCUT2D eigenvalue weighted by Gasteiger charge is 2.25. The van der Waals surface area contributed by atoms with Crippen molar-refractivity contribution in [2.75, 3.05) is 13.1 Å². The van der Waals surface area contributed by atoms with Gasteiger partial charge in [0.25, 0.3) is 5.91 Å². The average Bonchev–Trinajstić information content (AvgIpc) is 3.02. The Hall–Kier alpha value is -1.75. The van der Waals surface area contributed by atoms with Gasteiger partial charge in [0.15, 0.2) is 0 Å². The minimum atomic E-state index is -0.316. The zero-order valence-corrected chi connectivity index (χ0v) is 11.8. The topological polar surface area (TPSA) is 33.2 Å². The van der Waals surface area contributed by atoms with Crippen LogP contribution in [0.2, 0.25) is 0 Å². The number of thiazole rings is 1. The van der Waals surface area contributed by atoms with Crippen molar-refractivity contribution in [3.05, 3.63) is 52.2 Å². The number of carbonyl (C=O) groups excluding carboxylic acids is 1. The van der Waals surface area contributed by atoms with Gasteiger partial charge in [-0.1, -0.05) is 0 Å². The molecule has 0 bridgehead atoms. The van der Waals surface area contributed by atoms with Gasteiger partial charge < -0.3 is 4.90 Å². The second kappa shape index (κ2) is 5.71. The summed E-state index contributed by atoms with van der Waals surface area (Å²) in [6.07, 6.45) is 3.72. The molecule has 0 unspecified atom stereocenters. The van der Waals surface area contributed by atoms with Gasteiger partial charge in [-0.25, -0.2) is 9.37 Å².